The summed E-state index contributed by atoms with van der Waals surface area (Å²) in [6, 6.07) is 0.749. The molecule has 0 aromatic carbocycles. The van der Waals surface area contributed by atoms with Gasteiger partial charge in [-0.05, 0) is 37.8 Å². The minimum atomic E-state index is -0.0154. The Labute approximate surface area is 120 Å². The number of amides is 2. The van der Waals surface area contributed by atoms with E-state index >= 15 is 0 Å². The molecule has 0 heterocycles. The van der Waals surface area contributed by atoms with Crippen molar-refractivity contribution in [2.24, 2.45) is 0 Å². The second-order valence-corrected chi connectivity index (χ2v) is 5.32. The summed E-state index contributed by atoms with van der Waals surface area (Å²) in [5.41, 5.74) is 0. The van der Waals surface area contributed by atoms with Crippen molar-refractivity contribution in [1.29, 1.82) is 0 Å². The van der Waals surface area contributed by atoms with Crippen LogP contribution in [0.1, 0.15) is 25.7 Å². The Bertz CT molecular complexity index is 394. The van der Waals surface area contributed by atoms with Crippen LogP contribution in [0.15, 0.2) is 37.5 Å². The van der Waals surface area contributed by atoms with Crippen molar-refractivity contribution in [3.8, 4) is 0 Å². The molecule has 2 amide bonds. The molecule has 0 radical (unpaired) electrons. The van der Waals surface area contributed by atoms with Crippen LogP contribution in [0.4, 0.5) is 0 Å². The third kappa shape index (κ3) is 3.83. The van der Waals surface area contributed by atoms with E-state index < -0.39 is 0 Å². The van der Waals surface area contributed by atoms with Gasteiger partial charge in [-0.15, -0.1) is 0 Å². The fourth-order valence-corrected chi connectivity index (χ4v) is 2.22. The second kappa shape index (κ2) is 6.55. The number of hydrogen-bond acceptors (Lipinski definition) is 2. The lowest BCUT2D eigenvalue weighted by Gasteiger charge is -2.20. The lowest BCUT2D eigenvalue weighted by molar-refractivity contribution is -0.127. The van der Waals surface area contributed by atoms with E-state index in [-0.39, 0.29) is 11.8 Å². The zero-order chi connectivity index (χ0) is 14.5. The molecule has 0 spiro atoms. The number of rotatable bonds is 8. The molecule has 0 saturated heterocycles. The van der Waals surface area contributed by atoms with Gasteiger partial charge in [0.25, 0.3) is 0 Å². The van der Waals surface area contributed by atoms with Gasteiger partial charge >= 0.3 is 0 Å². The quantitative estimate of drug-likeness (QED) is 0.501. The molecule has 0 atom stereocenters. The Kier molecular flexibility index (Phi) is 4.77. The predicted molar refractivity (Wildman–Crippen MR) is 79.0 cm³/mol. The smallest absolute Gasteiger partial charge is 0.246 e. The maximum atomic E-state index is 11.7. The lowest BCUT2D eigenvalue weighted by atomic mass is 10.3. The molecule has 0 N–H and O–H groups in total. The first kappa shape index (κ1) is 14.6. The van der Waals surface area contributed by atoms with Gasteiger partial charge in [0, 0.05) is 25.2 Å². The van der Waals surface area contributed by atoms with Crippen LogP contribution in [-0.4, -0.2) is 46.8 Å². The standard InChI is InChI=1S/C16H22N2O2/c1-3-15(19)17(13-7-8-13)11-5-6-12-18(14-9-10-14)16(20)4-2/h3-6,13-14H,1-2,7-12H2/b6-5+. The molecule has 20 heavy (non-hydrogen) atoms. The van der Waals surface area contributed by atoms with Crippen molar-refractivity contribution < 1.29 is 9.59 Å². The molecule has 2 saturated carbocycles. The van der Waals surface area contributed by atoms with Crippen LogP contribution in [0.2, 0.25) is 0 Å². The Hall–Kier alpha value is -1.84. The molecule has 0 aliphatic heterocycles. The molecule has 2 rings (SSSR count). The van der Waals surface area contributed by atoms with Gasteiger partial charge in [0.15, 0.2) is 0 Å². The maximum absolute atomic E-state index is 11.7. The molecule has 4 heteroatoms. The number of carbonyl (C=O) groups is 2. The third-order valence-corrected chi connectivity index (χ3v) is 3.66. The molecule has 0 unspecified atom stereocenters. The number of hydrogen-bond donors (Lipinski definition) is 0. The third-order valence-electron chi connectivity index (χ3n) is 3.66. The average molecular weight is 274 g/mol. The molecule has 2 aliphatic rings. The van der Waals surface area contributed by atoms with Crippen molar-refractivity contribution in [3.63, 3.8) is 0 Å². The molecule has 2 aliphatic carbocycles. The maximum Gasteiger partial charge on any atom is 0.246 e. The summed E-state index contributed by atoms with van der Waals surface area (Å²) in [4.78, 5) is 27.0. The van der Waals surface area contributed by atoms with E-state index in [2.05, 4.69) is 13.2 Å². The van der Waals surface area contributed by atoms with E-state index in [0.29, 0.717) is 25.2 Å². The van der Waals surface area contributed by atoms with Crippen LogP contribution in [0, 0.1) is 0 Å². The first-order chi connectivity index (χ1) is 9.67. The van der Waals surface area contributed by atoms with Gasteiger partial charge in [0.05, 0.1) is 0 Å². The van der Waals surface area contributed by atoms with Crippen molar-refractivity contribution in [3.05, 3.63) is 37.5 Å². The molecule has 108 valence electrons. The summed E-state index contributed by atoms with van der Waals surface area (Å²) in [7, 11) is 0. The van der Waals surface area contributed by atoms with Crippen LogP contribution in [-0.2, 0) is 9.59 Å². The summed E-state index contributed by atoms with van der Waals surface area (Å²) < 4.78 is 0. The summed E-state index contributed by atoms with van der Waals surface area (Å²) in [5.74, 6) is -0.0308. The number of nitrogens with zero attached hydrogens (tertiary/aromatic N) is 2. The Morgan fingerprint density at radius 3 is 1.45 bits per heavy atom. The Balaban J connectivity index is 1.82. The molecular formula is C16H22N2O2. The largest absolute Gasteiger partial charge is 0.332 e. The topological polar surface area (TPSA) is 40.6 Å². The van der Waals surface area contributed by atoms with E-state index in [4.69, 9.17) is 0 Å². The predicted octanol–water partition coefficient (Wildman–Crippen LogP) is 1.90. The first-order valence-corrected chi connectivity index (χ1v) is 7.18. The molecule has 0 bridgehead atoms. The van der Waals surface area contributed by atoms with Crippen LogP contribution < -0.4 is 0 Å². The molecule has 4 nitrogen and oxygen atoms in total. The normalized spacial score (nSPS) is 17.8. The van der Waals surface area contributed by atoms with Crippen LogP contribution in [0.3, 0.4) is 0 Å². The second-order valence-electron chi connectivity index (χ2n) is 5.32. The van der Waals surface area contributed by atoms with Gasteiger partial charge in [0.2, 0.25) is 11.8 Å². The van der Waals surface area contributed by atoms with Gasteiger partial charge < -0.3 is 9.80 Å². The van der Waals surface area contributed by atoms with E-state index in [1.54, 1.807) is 0 Å². The summed E-state index contributed by atoms with van der Waals surface area (Å²) in [6.45, 7) is 8.26. The van der Waals surface area contributed by atoms with Gasteiger partial charge in [-0.25, -0.2) is 0 Å². The minimum Gasteiger partial charge on any atom is -0.332 e. The highest BCUT2D eigenvalue weighted by Gasteiger charge is 2.31. The highest BCUT2D eigenvalue weighted by molar-refractivity contribution is 5.88. The van der Waals surface area contributed by atoms with Gasteiger partial charge in [-0.1, -0.05) is 25.3 Å². The average Bonchev–Trinajstić information content (AvgIpc) is 3.33. The van der Waals surface area contributed by atoms with E-state index in [0.717, 1.165) is 25.7 Å². The number of carbonyl (C=O) groups excluding carboxylic acids is 2. The Morgan fingerprint density at radius 1 is 0.850 bits per heavy atom. The van der Waals surface area contributed by atoms with Crippen LogP contribution in [0.5, 0.6) is 0 Å². The summed E-state index contributed by atoms with van der Waals surface area (Å²) in [5, 5.41) is 0. The van der Waals surface area contributed by atoms with Gasteiger partial charge in [-0.3, -0.25) is 9.59 Å². The fraction of sp³-hybridized carbons (Fsp3) is 0.500. The molecular weight excluding hydrogens is 252 g/mol. The molecule has 2 fully saturated rings. The van der Waals surface area contributed by atoms with Gasteiger partial charge in [-0.2, -0.15) is 0 Å². The van der Waals surface area contributed by atoms with Gasteiger partial charge in [0.1, 0.15) is 0 Å². The van der Waals surface area contributed by atoms with Crippen molar-refractivity contribution in [1.82, 2.24) is 9.80 Å². The lowest BCUT2D eigenvalue weighted by Crippen LogP contribution is -2.33. The summed E-state index contributed by atoms with van der Waals surface area (Å²) >= 11 is 0. The van der Waals surface area contributed by atoms with Crippen molar-refractivity contribution in [2.75, 3.05) is 13.1 Å². The highest BCUT2D eigenvalue weighted by Crippen LogP contribution is 2.28. The molecule has 0 aromatic heterocycles. The minimum absolute atomic E-state index is 0.0154. The Morgan fingerprint density at radius 2 is 1.20 bits per heavy atom. The fourth-order valence-electron chi connectivity index (χ4n) is 2.22. The van der Waals surface area contributed by atoms with Crippen LogP contribution in [0.25, 0.3) is 0 Å². The summed E-state index contributed by atoms with van der Waals surface area (Å²) in [6.07, 6.45) is 11.0. The highest BCUT2D eigenvalue weighted by atomic mass is 16.2. The zero-order valence-electron chi connectivity index (χ0n) is 11.8. The van der Waals surface area contributed by atoms with Crippen LogP contribution >= 0.6 is 0 Å². The molecule has 0 aromatic rings. The van der Waals surface area contributed by atoms with E-state index in [1.807, 2.05) is 22.0 Å². The SMILES string of the molecule is C=CC(=O)N(C/C=C/CN(C(=O)C=C)C1CC1)C1CC1. The van der Waals surface area contributed by atoms with Crippen molar-refractivity contribution in [2.45, 2.75) is 37.8 Å². The van der Waals surface area contributed by atoms with E-state index in [1.165, 1.54) is 12.2 Å². The zero-order valence-corrected chi connectivity index (χ0v) is 11.8. The van der Waals surface area contributed by atoms with E-state index in [9.17, 15) is 9.59 Å². The monoisotopic (exact) mass is 274 g/mol. The van der Waals surface area contributed by atoms with Crippen molar-refractivity contribution >= 4 is 11.8 Å². The first-order valence-electron chi connectivity index (χ1n) is 7.18.